The monoisotopic (exact) mass is 197 g/mol. The van der Waals surface area contributed by atoms with E-state index in [2.05, 4.69) is 0 Å². The van der Waals surface area contributed by atoms with Crippen LogP contribution in [0.5, 0.6) is 0 Å². The van der Waals surface area contributed by atoms with Gasteiger partial charge in [0.1, 0.15) is 0 Å². The molecule has 2 bridgehead atoms. The van der Waals surface area contributed by atoms with Crippen LogP contribution < -0.4 is 5.73 Å². The number of carbonyl (C=O) groups excluding carboxylic acids is 1. The van der Waals surface area contributed by atoms with Crippen molar-refractivity contribution in [3.8, 4) is 0 Å². The van der Waals surface area contributed by atoms with Gasteiger partial charge in [0.2, 0.25) is 0 Å². The van der Waals surface area contributed by atoms with Crippen LogP contribution >= 0.6 is 0 Å². The van der Waals surface area contributed by atoms with Crippen molar-refractivity contribution in [3.63, 3.8) is 0 Å². The number of fused-ring (bicyclic) bond motifs is 3. The highest BCUT2D eigenvalue weighted by atomic mass is 16.5. The predicted octanol–water partition coefficient (Wildman–Crippen LogP) is 1.31. The average Bonchev–Trinajstić information content (AvgIpc) is 2.18. The van der Waals surface area contributed by atoms with Gasteiger partial charge in [0.15, 0.2) is 0 Å². The molecule has 3 aliphatic rings. The summed E-state index contributed by atoms with van der Waals surface area (Å²) >= 11 is 0. The van der Waals surface area contributed by atoms with E-state index in [0.717, 1.165) is 12.8 Å². The van der Waals surface area contributed by atoms with E-state index in [4.69, 9.17) is 10.5 Å². The summed E-state index contributed by atoms with van der Waals surface area (Å²) < 4.78 is 5.09. The second-order valence-corrected chi connectivity index (χ2v) is 4.59. The molecule has 2 N–H and O–H groups in total. The van der Waals surface area contributed by atoms with E-state index in [1.165, 1.54) is 12.8 Å². The van der Waals surface area contributed by atoms with Crippen LogP contribution in [-0.2, 0) is 9.53 Å². The highest BCUT2D eigenvalue weighted by Gasteiger charge is 2.43. The van der Waals surface area contributed by atoms with Crippen LogP contribution in [0.2, 0.25) is 0 Å². The third-order valence-electron chi connectivity index (χ3n) is 3.80. The van der Waals surface area contributed by atoms with Crippen LogP contribution in [0.15, 0.2) is 0 Å². The van der Waals surface area contributed by atoms with E-state index in [9.17, 15) is 4.79 Å². The molecule has 3 nitrogen and oxygen atoms in total. The fourth-order valence-electron chi connectivity index (χ4n) is 3.02. The maximum absolute atomic E-state index is 11.6. The largest absolute Gasteiger partial charge is 0.466 e. The van der Waals surface area contributed by atoms with Gasteiger partial charge in [0.25, 0.3) is 0 Å². The molecule has 0 aromatic heterocycles. The zero-order valence-corrected chi connectivity index (χ0v) is 8.74. The van der Waals surface area contributed by atoms with Crippen molar-refractivity contribution >= 4 is 5.97 Å². The first kappa shape index (κ1) is 9.97. The van der Waals surface area contributed by atoms with Crippen LogP contribution in [0, 0.1) is 17.8 Å². The number of rotatable bonds is 2. The lowest BCUT2D eigenvalue weighted by Gasteiger charge is -2.44. The molecule has 0 heterocycles. The molecule has 0 aromatic rings. The number of esters is 1. The maximum Gasteiger partial charge on any atom is 0.309 e. The third-order valence-corrected chi connectivity index (χ3v) is 3.80. The van der Waals surface area contributed by atoms with Crippen molar-refractivity contribution in [1.29, 1.82) is 0 Å². The Hall–Kier alpha value is -0.570. The number of ether oxygens (including phenoxy) is 1. The summed E-state index contributed by atoms with van der Waals surface area (Å²) in [6.45, 7) is 2.36. The van der Waals surface area contributed by atoms with Crippen molar-refractivity contribution in [2.75, 3.05) is 6.61 Å². The molecule has 80 valence electrons. The smallest absolute Gasteiger partial charge is 0.309 e. The zero-order valence-electron chi connectivity index (χ0n) is 8.74. The van der Waals surface area contributed by atoms with Gasteiger partial charge in [-0.3, -0.25) is 4.79 Å². The molecule has 0 aromatic carbocycles. The molecule has 3 heteroatoms. The molecule has 0 radical (unpaired) electrons. The van der Waals surface area contributed by atoms with Crippen molar-refractivity contribution in [1.82, 2.24) is 0 Å². The average molecular weight is 197 g/mol. The number of hydrogen-bond acceptors (Lipinski definition) is 3. The predicted molar refractivity (Wildman–Crippen MR) is 53.5 cm³/mol. The molecule has 0 amide bonds. The molecule has 14 heavy (non-hydrogen) atoms. The summed E-state index contributed by atoms with van der Waals surface area (Å²) in [7, 11) is 0. The maximum atomic E-state index is 11.6. The zero-order chi connectivity index (χ0) is 10.1. The molecular weight excluding hydrogens is 178 g/mol. The minimum Gasteiger partial charge on any atom is -0.466 e. The molecule has 0 aliphatic heterocycles. The Bertz CT molecular complexity index is 229. The molecule has 0 saturated heterocycles. The Labute approximate surface area is 85.0 Å². The Morgan fingerprint density at radius 3 is 2.57 bits per heavy atom. The van der Waals surface area contributed by atoms with E-state index in [0.29, 0.717) is 24.5 Å². The summed E-state index contributed by atoms with van der Waals surface area (Å²) in [4.78, 5) is 11.6. The Balaban J connectivity index is 1.99. The van der Waals surface area contributed by atoms with Gasteiger partial charge < -0.3 is 10.5 Å². The molecular formula is C11H19NO2. The summed E-state index contributed by atoms with van der Waals surface area (Å²) in [6, 6.07) is 0.333. The second kappa shape index (κ2) is 3.89. The number of carbonyl (C=O) groups is 1. The van der Waals surface area contributed by atoms with E-state index >= 15 is 0 Å². The molecule has 3 fully saturated rings. The molecule has 4 unspecified atom stereocenters. The van der Waals surface area contributed by atoms with Crippen molar-refractivity contribution in [2.45, 2.75) is 38.6 Å². The van der Waals surface area contributed by atoms with Gasteiger partial charge in [0.05, 0.1) is 12.5 Å². The van der Waals surface area contributed by atoms with Gasteiger partial charge in [-0.25, -0.2) is 0 Å². The van der Waals surface area contributed by atoms with Gasteiger partial charge in [-0.05, 0) is 44.4 Å². The van der Waals surface area contributed by atoms with Crippen LogP contribution in [0.1, 0.15) is 32.6 Å². The first-order valence-corrected chi connectivity index (χ1v) is 5.64. The molecule has 3 rings (SSSR count). The minimum atomic E-state index is 0.00843. The standard InChI is InChI=1S/C11H19NO2/c1-2-14-11(13)9-5-8-4-3-7(9)6-10(8)12/h7-10H,2-6,12H2,1H3. The van der Waals surface area contributed by atoms with Gasteiger partial charge in [-0.2, -0.15) is 0 Å². The molecule has 4 atom stereocenters. The fraction of sp³-hybridized carbons (Fsp3) is 0.909. The van der Waals surface area contributed by atoms with E-state index in [1.54, 1.807) is 0 Å². The molecule has 3 saturated carbocycles. The molecule has 3 aliphatic carbocycles. The van der Waals surface area contributed by atoms with Gasteiger partial charge >= 0.3 is 5.97 Å². The summed E-state index contributed by atoms with van der Waals surface area (Å²) in [5, 5.41) is 0. The second-order valence-electron chi connectivity index (χ2n) is 4.59. The Morgan fingerprint density at radius 1 is 1.36 bits per heavy atom. The van der Waals surface area contributed by atoms with Crippen molar-refractivity contribution in [2.24, 2.45) is 23.5 Å². The fourth-order valence-corrected chi connectivity index (χ4v) is 3.02. The highest BCUT2D eigenvalue weighted by Crippen LogP contribution is 2.44. The summed E-state index contributed by atoms with van der Waals surface area (Å²) in [5.41, 5.74) is 6.00. The summed E-state index contributed by atoms with van der Waals surface area (Å²) in [6.07, 6.45) is 4.36. The van der Waals surface area contributed by atoms with Gasteiger partial charge in [-0.1, -0.05) is 0 Å². The first-order valence-electron chi connectivity index (χ1n) is 5.64. The number of nitrogens with two attached hydrogens (primary N) is 1. The lowest BCUT2D eigenvalue weighted by molar-refractivity contribution is -0.154. The van der Waals surface area contributed by atoms with Crippen LogP contribution in [-0.4, -0.2) is 18.6 Å². The van der Waals surface area contributed by atoms with Crippen LogP contribution in [0.4, 0.5) is 0 Å². The quantitative estimate of drug-likeness (QED) is 0.679. The van der Waals surface area contributed by atoms with E-state index in [-0.39, 0.29) is 11.9 Å². The van der Waals surface area contributed by atoms with E-state index in [1.807, 2.05) is 6.92 Å². The lowest BCUT2D eigenvalue weighted by atomic mass is 9.62. The van der Waals surface area contributed by atoms with Crippen LogP contribution in [0.3, 0.4) is 0 Å². The van der Waals surface area contributed by atoms with Crippen LogP contribution in [0.25, 0.3) is 0 Å². The van der Waals surface area contributed by atoms with E-state index < -0.39 is 0 Å². The summed E-state index contributed by atoms with van der Waals surface area (Å²) in [5.74, 6) is 1.21. The third kappa shape index (κ3) is 1.65. The first-order chi connectivity index (χ1) is 6.72. The molecule has 0 spiro atoms. The van der Waals surface area contributed by atoms with Crippen molar-refractivity contribution < 1.29 is 9.53 Å². The van der Waals surface area contributed by atoms with Crippen molar-refractivity contribution in [3.05, 3.63) is 0 Å². The Kier molecular flexibility index (Phi) is 2.77. The topological polar surface area (TPSA) is 52.3 Å². The SMILES string of the molecule is CCOC(=O)C1CC2CCC1CC2N. The highest BCUT2D eigenvalue weighted by molar-refractivity contribution is 5.73. The Morgan fingerprint density at radius 2 is 2.07 bits per heavy atom. The normalized spacial score (nSPS) is 41.0. The van der Waals surface area contributed by atoms with Gasteiger partial charge in [-0.15, -0.1) is 0 Å². The number of hydrogen-bond donors (Lipinski definition) is 1. The van der Waals surface area contributed by atoms with Gasteiger partial charge in [0, 0.05) is 6.04 Å². The lowest BCUT2D eigenvalue weighted by Crippen LogP contribution is -2.47. The minimum absolute atomic E-state index is 0.00843.